The smallest absolute Gasteiger partial charge is 0.166 e. The van der Waals surface area contributed by atoms with Gasteiger partial charge in [-0.15, -0.1) is 0 Å². The summed E-state index contributed by atoms with van der Waals surface area (Å²) in [6, 6.07) is 1.67. The molecule has 0 aromatic carbocycles. The summed E-state index contributed by atoms with van der Waals surface area (Å²) < 4.78 is 16.6. The third kappa shape index (κ3) is 2.22. The van der Waals surface area contributed by atoms with Gasteiger partial charge in [0.05, 0.1) is 7.11 Å². The molecule has 13 heavy (non-hydrogen) atoms. The van der Waals surface area contributed by atoms with Crippen LogP contribution in [0.3, 0.4) is 0 Å². The summed E-state index contributed by atoms with van der Waals surface area (Å²) in [7, 11) is -0.769. The molecule has 5 heteroatoms. The lowest BCUT2D eigenvalue weighted by Gasteiger charge is -2.09. The molecule has 0 fully saturated rings. The summed E-state index contributed by atoms with van der Waals surface area (Å²) in [5, 5.41) is 0.679. The minimum Gasteiger partial charge on any atom is -0.493 e. The van der Waals surface area contributed by atoms with Gasteiger partial charge in [-0.2, -0.15) is 0 Å². The molecule has 0 aliphatic rings. The van der Waals surface area contributed by atoms with E-state index in [0.29, 0.717) is 16.9 Å². The van der Waals surface area contributed by atoms with Crippen LogP contribution < -0.4 is 15.8 Å². The van der Waals surface area contributed by atoms with Gasteiger partial charge < -0.3 is 15.0 Å². The first-order chi connectivity index (χ1) is 5.95. The Morgan fingerprint density at radius 1 is 1.54 bits per heavy atom. The van der Waals surface area contributed by atoms with Gasteiger partial charge >= 0.3 is 0 Å². The molecular formula is C8H13N2O2P. The van der Waals surface area contributed by atoms with E-state index in [1.54, 1.807) is 19.4 Å². The highest BCUT2D eigenvalue weighted by Gasteiger charge is 2.13. The third-order valence-electron chi connectivity index (χ3n) is 1.71. The van der Waals surface area contributed by atoms with Crippen LogP contribution in [0.1, 0.15) is 0 Å². The van der Waals surface area contributed by atoms with E-state index >= 15 is 0 Å². The van der Waals surface area contributed by atoms with Gasteiger partial charge in [0.1, 0.15) is 7.14 Å². The second-order valence-electron chi connectivity index (χ2n) is 3.13. The monoisotopic (exact) mass is 200 g/mol. The SMILES string of the molecule is COc1cc(P(C)(C)=O)cnc1N. The number of ether oxygens (including phenoxy) is 1. The number of nitrogens with zero attached hydrogens (tertiary/aromatic N) is 1. The molecule has 0 amide bonds. The number of rotatable bonds is 2. The van der Waals surface area contributed by atoms with Crippen molar-refractivity contribution in [1.82, 2.24) is 4.98 Å². The quantitative estimate of drug-likeness (QED) is 0.721. The van der Waals surface area contributed by atoms with Gasteiger partial charge in [-0.25, -0.2) is 4.98 Å². The number of anilines is 1. The van der Waals surface area contributed by atoms with Crippen LogP contribution in [0.15, 0.2) is 12.3 Å². The molecule has 0 unspecified atom stereocenters. The van der Waals surface area contributed by atoms with Crippen LogP contribution in [-0.2, 0) is 4.57 Å². The molecule has 0 bridgehead atoms. The van der Waals surface area contributed by atoms with E-state index in [1.165, 1.54) is 13.3 Å². The van der Waals surface area contributed by atoms with Crippen LogP contribution in [0.4, 0.5) is 5.82 Å². The van der Waals surface area contributed by atoms with E-state index < -0.39 is 7.14 Å². The van der Waals surface area contributed by atoms with E-state index in [0.717, 1.165) is 0 Å². The Morgan fingerprint density at radius 2 is 2.15 bits per heavy atom. The van der Waals surface area contributed by atoms with Gasteiger partial charge in [0.15, 0.2) is 11.6 Å². The lowest BCUT2D eigenvalue weighted by atomic mass is 10.4. The second kappa shape index (κ2) is 3.38. The highest BCUT2D eigenvalue weighted by molar-refractivity contribution is 7.70. The molecule has 0 saturated heterocycles. The van der Waals surface area contributed by atoms with Gasteiger partial charge in [0.2, 0.25) is 0 Å². The Hall–Kier alpha value is -1.02. The van der Waals surface area contributed by atoms with Gasteiger partial charge in [-0.3, -0.25) is 0 Å². The summed E-state index contributed by atoms with van der Waals surface area (Å²) in [5.41, 5.74) is 5.52. The summed E-state index contributed by atoms with van der Waals surface area (Å²) in [5.74, 6) is 0.793. The summed E-state index contributed by atoms with van der Waals surface area (Å²) >= 11 is 0. The summed E-state index contributed by atoms with van der Waals surface area (Å²) in [6.07, 6.45) is 1.53. The van der Waals surface area contributed by atoms with Gasteiger partial charge in [0, 0.05) is 11.5 Å². The number of hydrogen-bond acceptors (Lipinski definition) is 4. The maximum Gasteiger partial charge on any atom is 0.166 e. The number of aromatic nitrogens is 1. The first-order valence-electron chi connectivity index (χ1n) is 3.80. The topological polar surface area (TPSA) is 65.2 Å². The van der Waals surface area contributed by atoms with Crippen molar-refractivity contribution in [2.75, 3.05) is 26.2 Å². The normalized spacial score (nSPS) is 11.3. The number of methoxy groups -OCH3 is 1. The zero-order chi connectivity index (χ0) is 10.1. The lowest BCUT2D eigenvalue weighted by Crippen LogP contribution is -2.07. The largest absolute Gasteiger partial charge is 0.493 e. The van der Waals surface area contributed by atoms with Crippen LogP contribution >= 0.6 is 7.14 Å². The molecule has 4 nitrogen and oxygen atoms in total. The Labute approximate surface area is 77.5 Å². The van der Waals surface area contributed by atoms with E-state index in [4.69, 9.17) is 10.5 Å². The fourth-order valence-electron chi connectivity index (χ4n) is 0.903. The minimum atomic E-state index is -2.28. The maximum absolute atomic E-state index is 11.7. The fraction of sp³-hybridized carbons (Fsp3) is 0.375. The maximum atomic E-state index is 11.7. The van der Waals surface area contributed by atoms with Crippen molar-refractivity contribution in [2.24, 2.45) is 0 Å². The van der Waals surface area contributed by atoms with Crippen molar-refractivity contribution in [3.63, 3.8) is 0 Å². The third-order valence-corrected chi connectivity index (χ3v) is 3.20. The van der Waals surface area contributed by atoms with E-state index in [-0.39, 0.29) is 0 Å². The Kier molecular flexibility index (Phi) is 2.62. The van der Waals surface area contributed by atoms with Gasteiger partial charge in [0.25, 0.3) is 0 Å². The average Bonchev–Trinajstić information content (AvgIpc) is 2.03. The number of nitrogens with two attached hydrogens (primary N) is 1. The van der Waals surface area contributed by atoms with Crippen molar-refractivity contribution in [3.05, 3.63) is 12.3 Å². The van der Waals surface area contributed by atoms with Crippen molar-refractivity contribution in [1.29, 1.82) is 0 Å². The number of pyridine rings is 1. The van der Waals surface area contributed by atoms with E-state index in [1.807, 2.05) is 0 Å². The molecule has 0 spiro atoms. The average molecular weight is 200 g/mol. The molecule has 1 aromatic rings. The molecule has 0 aliphatic carbocycles. The predicted octanol–water partition coefficient (Wildman–Crippen LogP) is 0.920. The van der Waals surface area contributed by atoms with Crippen molar-refractivity contribution in [2.45, 2.75) is 0 Å². The van der Waals surface area contributed by atoms with Gasteiger partial charge in [-0.1, -0.05) is 0 Å². The van der Waals surface area contributed by atoms with Crippen molar-refractivity contribution >= 4 is 18.3 Å². The molecule has 0 saturated carbocycles. The Balaban J connectivity index is 3.22. The van der Waals surface area contributed by atoms with Crippen molar-refractivity contribution < 1.29 is 9.30 Å². The van der Waals surface area contributed by atoms with Crippen LogP contribution in [-0.4, -0.2) is 25.4 Å². The molecule has 1 rings (SSSR count). The van der Waals surface area contributed by atoms with Crippen LogP contribution in [0.2, 0.25) is 0 Å². The highest BCUT2D eigenvalue weighted by atomic mass is 31.2. The van der Waals surface area contributed by atoms with Crippen LogP contribution in [0.25, 0.3) is 0 Å². The first-order valence-corrected chi connectivity index (χ1v) is 6.40. The van der Waals surface area contributed by atoms with E-state index in [2.05, 4.69) is 4.98 Å². The Morgan fingerprint density at radius 3 is 2.62 bits per heavy atom. The zero-order valence-electron chi connectivity index (χ0n) is 7.94. The van der Waals surface area contributed by atoms with Gasteiger partial charge in [-0.05, 0) is 19.4 Å². The minimum absolute atomic E-state index is 0.319. The fourth-order valence-corrected chi connectivity index (χ4v) is 1.67. The van der Waals surface area contributed by atoms with E-state index in [9.17, 15) is 4.57 Å². The summed E-state index contributed by atoms with van der Waals surface area (Å²) in [4.78, 5) is 3.90. The molecular weight excluding hydrogens is 187 g/mol. The number of nitrogen functional groups attached to an aromatic ring is 1. The van der Waals surface area contributed by atoms with Crippen LogP contribution in [0, 0.1) is 0 Å². The molecule has 1 heterocycles. The molecule has 1 aromatic heterocycles. The number of hydrogen-bond donors (Lipinski definition) is 1. The highest BCUT2D eigenvalue weighted by Crippen LogP contribution is 2.35. The molecule has 0 atom stereocenters. The molecule has 0 radical (unpaired) electrons. The molecule has 0 aliphatic heterocycles. The standard InChI is InChI=1S/C8H13N2O2P/c1-12-7-4-6(13(2,3)11)5-10-8(7)9/h4-5H,1-3H3,(H2,9,10). The lowest BCUT2D eigenvalue weighted by molar-refractivity contribution is 0.416. The second-order valence-corrected chi connectivity index (χ2v) is 6.35. The van der Waals surface area contributed by atoms with Crippen LogP contribution in [0.5, 0.6) is 5.75 Å². The predicted molar refractivity (Wildman–Crippen MR) is 54.3 cm³/mol. The van der Waals surface area contributed by atoms with Crippen molar-refractivity contribution in [3.8, 4) is 5.75 Å². The first kappa shape index (κ1) is 10.1. The zero-order valence-corrected chi connectivity index (χ0v) is 8.84. The molecule has 72 valence electrons. The Bertz CT molecular complexity index is 359. The summed E-state index contributed by atoms with van der Waals surface area (Å²) in [6.45, 7) is 3.36. The molecule has 2 N–H and O–H groups in total.